The fourth-order valence-corrected chi connectivity index (χ4v) is 3.73. The molecule has 0 saturated heterocycles. The highest BCUT2D eigenvalue weighted by Gasteiger charge is 2.24. The molecule has 2 heterocycles. The van der Waals surface area contributed by atoms with Crippen molar-refractivity contribution >= 4 is 16.6 Å². The number of benzene rings is 3. The van der Waals surface area contributed by atoms with Crippen molar-refractivity contribution < 1.29 is 14.4 Å². The lowest BCUT2D eigenvalue weighted by Crippen LogP contribution is -2.37. The number of nitro groups is 1. The van der Waals surface area contributed by atoms with Gasteiger partial charge >= 0.3 is 5.69 Å². The van der Waals surface area contributed by atoms with Gasteiger partial charge in [-0.15, -0.1) is 0 Å². The van der Waals surface area contributed by atoms with Crippen molar-refractivity contribution in [2.75, 3.05) is 6.61 Å². The van der Waals surface area contributed by atoms with Crippen molar-refractivity contribution in [3.63, 3.8) is 0 Å². The fourth-order valence-electron chi connectivity index (χ4n) is 3.73. The number of hydrogen-bond donors (Lipinski definition) is 0. The molecule has 1 atom stereocenters. The molecule has 1 unspecified atom stereocenters. The summed E-state index contributed by atoms with van der Waals surface area (Å²) in [5, 5.41) is 11.9. The second-order valence-electron chi connectivity index (χ2n) is 7.18. The summed E-state index contributed by atoms with van der Waals surface area (Å²) in [6.07, 6.45) is -0.407. The minimum absolute atomic E-state index is 0.0668. The average molecular weight is 415 g/mol. The summed E-state index contributed by atoms with van der Waals surface area (Å²) >= 11 is 0. The highest BCUT2D eigenvalue weighted by Crippen LogP contribution is 2.32. The molecule has 1 aliphatic heterocycles. The molecule has 1 aromatic heterocycles. The van der Waals surface area contributed by atoms with E-state index in [4.69, 9.17) is 9.47 Å². The smallest absolute Gasteiger partial charge is 0.348 e. The van der Waals surface area contributed by atoms with E-state index in [0.717, 1.165) is 0 Å². The number of nitro benzene ring substituents is 1. The highest BCUT2D eigenvalue weighted by molar-refractivity contribution is 5.93. The Morgan fingerprint density at radius 3 is 2.55 bits per heavy atom. The van der Waals surface area contributed by atoms with Gasteiger partial charge < -0.3 is 9.47 Å². The van der Waals surface area contributed by atoms with Crippen LogP contribution in [0.5, 0.6) is 11.5 Å². The number of aromatic nitrogens is 2. The molecule has 8 nitrogen and oxygen atoms in total. The summed E-state index contributed by atoms with van der Waals surface area (Å²) in [5.41, 5.74) is 1.15. The topological polar surface area (TPSA) is 96.5 Å². The van der Waals surface area contributed by atoms with Crippen molar-refractivity contribution in [2.24, 2.45) is 0 Å². The van der Waals surface area contributed by atoms with Crippen molar-refractivity contribution in [1.29, 1.82) is 0 Å². The Hall–Kier alpha value is -4.20. The Balaban J connectivity index is 1.62. The number of fused-ring (bicyclic) bond motifs is 2. The van der Waals surface area contributed by atoms with Crippen molar-refractivity contribution in [3.8, 4) is 22.8 Å². The van der Waals surface area contributed by atoms with E-state index >= 15 is 0 Å². The molecule has 3 aromatic carbocycles. The summed E-state index contributed by atoms with van der Waals surface area (Å²) in [6, 6.07) is 20.9. The monoisotopic (exact) mass is 415 g/mol. The maximum Gasteiger partial charge on any atom is 0.348 e. The fraction of sp³-hybridized carbons (Fsp3) is 0.130. The molecule has 0 amide bonds. The third-order valence-corrected chi connectivity index (χ3v) is 5.18. The van der Waals surface area contributed by atoms with Gasteiger partial charge in [-0.25, -0.2) is 4.79 Å². The maximum atomic E-state index is 13.0. The van der Waals surface area contributed by atoms with Crippen LogP contribution in [0.25, 0.3) is 22.2 Å². The number of non-ortho nitro benzene ring substituents is 1. The Bertz CT molecular complexity index is 1350. The molecular formula is C23H17N3O5. The molecular weight excluding hydrogens is 398 g/mol. The van der Waals surface area contributed by atoms with E-state index in [2.05, 4.69) is 4.98 Å². The van der Waals surface area contributed by atoms with Gasteiger partial charge in [0, 0.05) is 23.1 Å². The van der Waals surface area contributed by atoms with E-state index in [1.807, 2.05) is 54.6 Å². The Morgan fingerprint density at radius 1 is 1.03 bits per heavy atom. The third-order valence-electron chi connectivity index (χ3n) is 5.18. The molecule has 0 spiro atoms. The molecule has 0 fully saturated rings. The van der Waals surface area contributed by atoms with Crippen molar-refractivity contribution in [3.05, 3.63) is 93.4 Å². The predicted molar refractivity (Wildman–Crippen MR) is 114 cm³/mol. The molecule has 0 radical (unpaired) electrons. The van der Waals surface area contributed by atoms with Gasteiger partial charge in [-0.2, -0.15) is 4.98 Å². The van der Waals surface area contributed by atoms with Crippen LogP contribution in [0.3, 0.4) is 0 Å². The van der Waals surface area contributed by atoms with E-state index in [1.165, 1.54) is 16.7 Å². The van der Waals surface area contributed by atoms with E-state index in [-0.39, 0.29) is 18.8 Å². The van der Waals surface area contributed by atoms with E-state index < -0.39 is 16.7 Å². The first-order chi connectivity index (χ1) is 15.1. The number of para-hydroxylation sites is 2. The third kappa shape index (κ3) is 3.48. The summed E-state index contributed by atoms with van der Waals surface area (Å²) in [7, 11) is 0. The SMILES string of the molecule is O=c1nc(-c2ccccc2)c2cc([N+](=O)[O-])ccc2n1CC1COc2ccccc2O1. The van der Waals surface area contributed by atoms with Crippen LogP contribution in [0.1, 0.15) is 0 Å². The lowest BCUT2D eigenvalue weighted by molar-refractivity contribution is -0.384. The summed E-state index contributed by atoms with van der Waals surface area (Å²) in [5.74, 6) is 1.27. The van der Waals surface area contributed by atoms with Crippen LogP contribution in [0.2, 0.25) is 0 Å². The Kier molecular flexibility index (Phi) is 4.59. The molecule has 0 aliphatic carbocycles. The van der Waals surface area contributed by atoms with Crippen molar-refractivity contribution in [1.82, 2.24) is 9.55 Å². The lowest BCUT2D eigenvalue weighted by atomic mass is 10.1. The van der Waals surface area contributed by atoms with Crippen LogP contribution in [0.4, 0.5) is 5.69 Å². The van der Waals surface area contributed by atoms with E-state index in [1.54, 1.807) is 6.07 Å². The molecule has 4 aromatic rings. The van der Waals surface area contributed by atoms with Gasteiger partial charge in [0.05, 0.1) is 22.7 Å². The van der Waals surface area contributed by atoms with Crippen molar-refractivity contribution in [2.45, 2.75) is 12.6 Å². The number of ether oxygens (including phenoxy) is 2. The van der Waals surface area contributed by atoms with Crippen LogP contribution >= 0.6 is 0 Å². The van der Waals surface area contributed by atoms with Gasteiger partial charge in [-0.3, -0.25) is 14.7 Å². The zero-order valence-electron chi connectivity index (χ0n) is 16.3. The summed E-state index contributed by atoms with van der Waals surface area (Å²) in [4.78, 5) is 28.2. The highest BCUT2D eigenvalue weighted by atomic mass is 16.6. The first-order valence-corrected chi connectivity index (χ1v) is 9.73. The minimum Gasteiger partial charge on any atom is -0.486 e. The summed E-state index contributed by atoms with van der Waals surface area (Å²) in [6.45, 7) is 0.474. The molecule has 5 rings (SSSR count). The zero-order chi connectivity index (χ0) is 21.4. The van der Waals surface area contributed by atoms with Crippen LogP contribution in [0, 0.1) is 10.1 Å². The van der Waals surface area contributed by atoms with Gasteiger partial charge in [0.25, 0.3) is 5.69 Å². The van der Waals surface area contributed by atoms with E-state index in [0.29, 0.717) is 33.7 Å². The predicted octanol–water partition coefficient (Wildman–Crippen LogP) is 3.81. The molecule has 154 valence electrons. The number of rotatable bonds is 4. The number of nitrogens with zero attached hydrogens (tertiary/aromatic N) is 3. The summed E-state index contributed by atoms with van der Waals surface area (Å²) < 4.78 is 13.2. The second kappa shape index (κ2) is 7.56. The normalized spacial score (nSPS) is 15.0. The first-order valence-electron chi connectivity index (χ1n) is 9.73. The minimum atomic E-state index is -0.460. The Labute approximate surface area is 176 Å². The van der Waals surface area contributed by atoms with Crippen LogP contribution < -0.4 is 15.2 Å². The second-order valence-corrected chi connectivity index (χ2v) is 7.18. The lowest BCUT2D eigenvalue weighted by Gasteiger charge is -2.27. The Morgan fingerprint density at radius 2 is 1.77 bits per heavy atom. The van der Waals surface area contributed by atoms with E-state index in [9.17, 15) is 14.9 Å². The van der Waals surface area contributed by atoms with Crippen LogP contribution in [0.15, 0.2) is 77.6 Å². The molecule has 8 heteroatoms. The molecule has 1 aliphatic rings. The molecule has 0 saturated carbocycles. The maximum absolute atomic E-state index is 13.0. The van der Waals surface area contributed by atoms with Gasteiger partial charge in [0.2, 0.25) is 0 Å². The first kappa shape index (κ1) is 18.8. The largest absolute Gasteiger partial charge is 0.486 e. The molecule has 31 heavy (non-hydrogen) atoms. The molecule has 0 N–H and O–H groups in total. The van der Waals surface area contributed by atoms with Gasteiger partial charge in [-0.1, -0.05) is 42.5 Å². The van der Waals surface area contributed by atoms with Gasteiger partial charge in [-0.05, 0) is 18.2 Å². The van der Waals surface area contributed by atoms with Crippen LogP contribution in [-0.2, 0) is 6.54 Å². The average Bonchev–Trinajstić information content (AvgIpc) is 2.80. The number of hydrogen-bond acceptors (Lipinski definition) is 6. The van der Waals surface area contributed by atoms with Gasteiger partial charge in [0.1, 0.15) is 6.61 Å². The van der Waals surface area contributed by atoms with Gasteiger partial charge in [0.15, 0.2) is 17.6 Å². The zero-order valence-corrected chi connectivity index (χ0v) is 16.3. The quantitative estimate of drug-likeness (QED) is 0.371. The molecule has 0 bridgehead atoms. The standard InChI is InChI=1S/C23H17N3O5/c27-23-24-22(15-6-2-1-3-7-15)18-12-16(26(28)29)10-11-19(18)25(23)13-17-14-30-20-8-4-5-9-21(20)31-17/h1-12,17H,13-14H2. The van der Waals surface area contributed by atoms with Crippen LogP contribution in [-0.4, -0.2) is 27.2 Å².